The van der Waals surface area contributed by atoms with E-state index in [-0.39, 0.29) is 24.6 Å². The Kier molecular flexibility index (Phi) is 8.82. The molecule has 0 spiro atoms. The van der Waals surface area contributed by atoms with Crippen LogP contribution in [0.15, 0.2) is 35.4 Å². The summed E-state index contributed by atoms with van der Waals surface area (Å²) in [5.41, 5.74) is -0.689. The Balaban J connectivity index is 2.29. The van der Waals surface area contributed by atoms with Crippen LogP contribution in [-0.4, -0.2) is 68.0 Å². The minimum atomic E-state index is -3.91. The summed E-state index contributed by atoms with van der Waals surface area (Å²) in [5, 5.41) is 10.3. The number of pyridine rings is 1. The van der Waals surface area contributed by atoms with E-state index in [0.717, 1.165) is 0 Å². The molecule has 1 aromatic carbocycles. The fraction of sp³-hybridized carbons (Fsp3) is 0.545. The van der Waals surface area contributed by atoms with Crippen LogP contribution in [0.5, 0.6) is 5.88 Å². The maximum Gasteiger partial charge on any atom is 0.410 e. The zero-order valence-electron chi connectivity index (χ0n) is 19.3. The van der Waals surface area contributed by atoms with E-state index in [1.165, 1.54) is 24.3 Å². The molecule has 1 atom stereocenters. The second-order valence-corrected chi connectivity index (χ2v) is 10.1. The van der Waals surface area contributed by atoms with Crippen LogP contribution in [0.4, 0.5) is 4.79 Å². The number of sulfonamides is 1. The van der Waals surface area contributed by atoms with Crippen LogP contribution in [-0.2, 0) is 14.8 Å². The van der Waals surface area contributed by atoms with Gasteiger partial charge in [-0.2, -0.15) is 0 Å². The van der Waals surface area contributed by atoms with Gasteiger partial charge >= 0.3 is 6.09 Å². The van der Waals surface area contributed by atoms with Gasteiger partial charge in [-0.15, -0.1) is 0 Å². The topological polar surface area (TPSA) is 118 Å². The molecule has 0 radical (unpaired) electrons. The highest BCUT2D eigenvalue weighted by atomic mass is 32.2. The van der Waals surface area contributed by atoms with Crippen LogP contribution in [0.2, 0.25) is 0 Å². The number of rotatable bonds is 10. The van der Waals surface area contributed by atoms with Gasteiger partial charge in [-0.3, -0.25) is 0 Å². The molecule has 32 heavy (non-hydrogen) atoms. The number of methoxy groups -OCH3 is 1. The molecule has 1 aromatic heterocycles. The molecule has 0 aliphatic heterocycles. The van der Waals surface area contributed by atoms with Crippen molar-refractivity contribution in [1.29, 1.82) is 0 Å². The van der Waals surface area contributed by atoms with Crippen LogP contribution in [0.3, 0.4) is 0 Å². The fourth-order valence-electron chi connectivity index (χ4n) is 3.19. The van der Waals surface area contributed by atoms with Crippen molar-refractivity contribution >= 4 is 26.9 Å². The highest BCUT2D eigenvalue weighted by Crippen LogP contribution is 2.28. The van der Waals surface area contributed by atoms with Gasteiger partial charge in [0, 0.05) is 42.7 Å². The van der Waals surface area contributed by atoms with Gasteiger partial charge in [-0.1, -0.05) is 13.0 Å². The zero-order valence-corrected chi connectivity index (χ0v) is 20.1. The number of nitrogens with one attached hydrogen (secondary N) is 1. The maximum absolute atomic E-state index is 13.3. The summed E-state index contributed by atoms with van der Waals surface area (Å²) in [5.74, 6) is 0.340. The van der Waals surface area contributed by atoms with Crippen molar-refractivity contribution in [2.75, 3.05) is 26.8 Å². The molecule has 0 bridgehead atoms. The number of aliphatic hydroxyl groups excluding tert-OH is 1. The average Bonchev–Trinajstić information content (AvgIpc) is 2.73. The number of hydrogen-bond acceptors (Lipinski definition) is 7. The number of carbonyl (C=O) groups excluding carboxylic acids is 1. The van der Waals surface area contributed by atoms with Gasteiger partial charge in [0.2, 0.25) is 15.9 Å². The van der Waals surface area contributed by atoms with Gasteiger partial charge in [0.25, 0.3) is 0 Å². The number of carbonyl (C=O) groups is 1. The minimum absolute atomic E-state index is 0.0896. The Bertz CT molecular complexity index is 1020. The van der Waals surface area contributed by atoms with Gasteiger partial charge in [-0.25, -0.2) is 22.9 Å². The second kappa shape index (κ2) is 10.9. The van der Waals surface area contributed by atoms with Gasteiger partial charge in [0.15, 0.2) is 0 Å². The maximum atomic E-state index is 13.3. The first kappa shape index (κ1) is 25.8. The number of aliphatic hydroxyl groups is 1. The van der Waals surface area contributed by atoms with Crippen LogP contribution < -0.4 is 9.46 Å². The third-order valence-electron chi connectivity index (χ3n) is 4.71. The average molecular weight is 468 g/mol. The van der Waals surface area contributed by atoms with Crippen molar-refractivity contribution in [2.45, 2.75) is 57.1 Å². The number of aromatic nitrogens is 1. The summed E-state index contributed by atoms with van der Waals surface area (Å²) >= 11 is 0. The predicted molar refractivity (Wildman–Crippen MR) is 122 cm³/mol. The van der Waals surface area contributed by atoms with Gasteiger partial charge < -0.3 is 19.5 Å². The van der Waals surface area contributed by atoms with Crippen LogP contribution in [0.1, 0.15) is 40.5 Å². The van der Waals surface area contributed by atoms with Crippen LogP contribution >= 0.6 is 0 Å². The molecule has 0 fully saturated rings. The molecule has 178 valence electrons. The molecule has 9 nitrogen and oxygen atoms in total. The largest absolute Gasteiger partial charge is 0.481 e. The van der Waals surface area contributed by atoms with Gasteiger partial charge in [0.1, 0.15) is 5.60 Å². The quantitative estimate of drug-likeness (QED) is 0.551. The molecule has 2 aromatic rings. The summed E-state index contributed by atoms with van der Waals surface area (Å²) in [6.45, 7) is 7.40. The number of nitrogens with zero attached hydrogens (tertiary/aromatic N) is 2. The molecule has 0 aliphatic carbocycles. The van der Waals surface area contributed by atoms with E-state index in [1.54, 1.807) is 39.0 Å². The Hall–Kier alpha value is -2.43. The lowest BCUT2D eigenvalue weighted by atomic mass is 10.2. The van der Waals surface area contributed by atoms with Crippen molar-refractivity contribution in [3.05, 3.63) is 30.5 Å². The van der Waals surface area contributed by atoms with E-state index < -0.39 is 27.8 Å². The molecule has 2 N–H and O–H groups in total. The lowest BCUT2D eigenvalue weighted by Crippen LogP contribution is -2.47. The molecule has 10 heteroatoms. The number of amides is 1. The fourth-order valence-corrected chi connectivity index (χ4v) is 4.72. The molecule has 0 saturated heterocycles. The SMILES string of the molecule is CC[C@H](CN(CCCO)C(=O)OC(C)(C)C)NS(=O)(=O)c1cccc2c(OC)nccc12. The van der Waals surface area contributed by atoms with E-state index >= 15 is 0 Å². The van der Waals surface area contributed by atoms with E-state index in [1.807, 2.05) is 6.92 Å². The molecule has 0 saturated carbocycles. The Labute approximate surface area is 189 Å². The van der Waals surface area contributed by atoms with Crippen LogP contribution in [0.25, 0.3) is 10.8 Å². The lowest BCUT2D eigenvalue weighted by Gasteiger charge is -2.30. The molecular formula is C22H33N3O6S. The Morgan fingerprint density at radius 1 is 1.25 bits per heavy atom. The van der Waals surface area contributed by atoms with E-state index in [4.69, 9.17) is 9.47 Å². The molecule has 2 rings (SSSR count). The predicted octanol–water partition coefficient (Wildman–Crippen LogP) is 2.92. The summed E-state index contributed by atoms with van der Waals surface area (Å²) in [7, 11) is -2.43. The van der Waals surface area contributed by atoms with Gasteiger partial charge in [0.05, 0.1) is 12.0 Å². The highest BCUT2D eigenvalue weighted by Gasteiger charge is 2.27. The number of benzene rings is 1. The number of fused-ring (bicyclic) bond motifs is 1. The van der Waals surface area contributed by atoms with Gasteiger partial charge in [-0.05, 0) is 51.8 Å². The third-order valence-corrected chi connectivity index (χ3v) is 6.28. The first-order valence-corrected chi connectivity index (χ1v) is 12.0. The van der Waals surface area contributed by atoms with Crippen molar-refractivity contribution in [2.24, 2.45) is 0 Å². The van der Waals surface area contributed by atoms with E-state index in [9.17, 15) is 18.3 Å². The van der Waals surface area contributed by atoms with Crippen molar-refractivity contribution < 1.29 is 27.8 Å². The van der Waals surface area contributed by atoms with Crippen LogP contribution in [0, 0.1) is 0 Å². The molecular weight excluding hydrogens is 434 g/mol. The highest BCUT2D eigenvalue weighted by molar-refractivity contribution is 7.89. The molecule has 1 heterocycles. The molecule has 1 amide bonds. The molecule has 0 unspecified atom stereocenters. The number of ether oxygens (including phenoxy) is 2. The van der Waals surface area contributed by atoms with Crippen molar-refractivity contribution in [1.82, 2.24) is 14.6 Å². The smallest absolute Gasteiger partial charge is 0.410 e. The normalized spacial score (nSPS) is 13.1. The lowest BCUT2D eigenvalue weighted by molar-refractivity contribution is 0.0225. The molecule has 0 aliphatic rings. The van der Waals surface area contributed by atoms with Crippen molar-refractivity contribution in [3.63, 3.8) is 0 Å². The van der Waals surface area contributed by atoms with Crippen molar-refractivity contribution in [3.8, 4) is 5.88 Å². The zero-order chi connectivity index (χ0) is 23.9. The van der Waals surface area contributed by atoms with E-state index in [2.05, 4.69) is 9.71 Å². The monoisotopic (exact) mass is 467 g/mol. The summed E-state index contributed by atoms with van der Waals surface area (Å²) in [6, 6.07) is 5.98. The number of hydrogen-bond donors (Lipinski definition) is 2. The standard InChI is InChI=1S/C22H33N3O6S/c1-6-16(15-25(13-8-14-26)21(27)31-22(2,3)4)24-32(28,29)19-10-7-9-18-17(19)11-12-23-20(18)30-5/h7,9-12,16,24,26H,6,8,13-15H2,1-5H3/t16-/m1/s1. The minimum Gasteiger partial charge on any atom is -0.481 e. The Morgan fingerprint density at radius 3 is 2.56 bits per heavy atom. The Morgan fingerprint density at radius 2 is 1.97 bits per heavy atom. The first-order chi connectivity index (χ1) is 15.0. The third kappa shape index (κ3) is 6.78. The summed E-state index contributed by atoms with van der Waals surface area (Å²) in [4.78, 5) is 18.3. The van der Waals surface area contributed by atoms with E-state index in [0.29, 0.717) is 29.5 Å². The first-order valence-electron chi connectivity index (χ1n) is 10.5. The summed E-state index contributed by atoms with van der Waals surface area (Å²) in [6.07, 6.45) is 1.76. The second-order valence-electron chi connectivity index (χ2n) is 8.40. The summed E-state index contributed by atoms with van der Waals surface area (Å²) < 4.78 is 39.9.